The molecule has 1 N–H and O–H groups in total. The fourth-order valence-electron chi connectivity index (χ4n) is 2.38. The van der Waals surface area contributed by atoms with Crippen LogP contribution >= 0.6 is 0 Å². The zero-order chi connectivity index (χ0) is 7.24. The molecular formula is C8H12O2. The molecule has 0 radical (unpaired) electrons. The quantitative estimate of drug-likeness (QED) is 0.549. The van der Waals surface area contributed by atoms with Crippen LogP contribution in [0.3, 0.4) is 0 Å². The largest absolute Gasteiger partial charge is 0.390 e. The lowest BCUT2D eigenvalue weighted by Crippen LogP contribution is -2.20. The Bertz CT molecular complexity index is 166. The average Bonchev–Trinajstić information content (AvgIpc) is 2.42. The van der Waals surface area contributed by atoms with Crippen LogP contribution in [0.1, 0.15) is 32.1 Å². The SMILES string of the molecule is O=CC12CCC(O)(CC1)C2. The second-order valence-electron chi connectivity index (χ2n) is 3.88. The molecule has 56 valence electrons. The third-order valence-corrected chi connectivity index (χ3v) is 3.11. The maximum atomic E-state index is 10.6. The fourth-order valence-corrected chi connectivity index (χ4v) is 2.38. The van der Waals surface area contributed by atoms with E-state index in [0.717, 1.165) is 38.4 Å². The minimum absolute atomic E-state index is 0.116. The number of fused-ring (bicyclic) bond motifs is 2. The summed E-state index contributed by atoms with van der Waals surface area (Å²) in [6.45, 7) is 0. The summed E-state index contributed by atoms with van der Waals surface area (Å²) in [4.78, 5) is 10.6. The molecule has 0 spiro atoms. The van der Waals surface area contributed by atoms with Crippen LogP contribution in [0.15, 0.2) is 0 Å². The predicted octanol–water partition coefficient (Wildman–Crippen LogP) is 0.881. The van der Waals surface area contributed by atoms with Gasteiger partial charge in [0.2, 0.25) is 0 Å². The number of aldehydes is 1. The van der Waals surface area contributed by atoms with Crippen molar-refractivity contribution in [2.75, 3.05) is 0 Å². The van der Waals surface area contributed by atoms with E-state index in [1.165, 1.54) is 0 Å². The van der Waals surface area contributed by atoms with E-state index in [2.05, 4.69) is 0 Å². The summed E-state index contributed by atoms with van der Waals surface area (Å²) in [7, 11) is 0. The van der Waals surface area contributed by atoms with Crippen molar-refractivity contribution in [2.24, 2.45) is 5.41 Å². The van der Waals surface area contributed by atoms with Crippen LogP contribution < -0.4 is 0 Å². The number of hydrogen-bond acceptors (Lipinski definition) is 2. The highest BCUT2D eigenvalue weighted by molar-refractivity contribution is 5.61. The normalized spacial score (nSPS) is 51.7. The topological polar surface area (TPSA) is 37.3 Å². The molecule has 0 unspecified atom stereocenters. The van der Waals surface area contributed by atoms with Gasteiger partial charge in [-0.25, -0.2) is 0 Å². The smallest absolute Gasteiger partial charge is 0.126 e. The molecule has 0 aliphatic heterocycles. The molecule has 10 heavy (non-hydrogen) atoms. The van der Waals surface area contributed by atoms with Crippen molar-refractivity contribution in [3.63, 3.8) is 0 Å². The Hall–Kier alpha value is -0.370. The van der Waals surface area contributed by atoms with Crippen molar-refractivity contribution < 1.29 is 9.90 Å². The highest BCUT2D eigenvalue weighted by Gasteiger charge is 2.53. The van der Waals surface area contributed by atoms with Crippen LogP contribution in [-0.2, 0) is 4.79 Å². The van der Waals surface area contributed by atoms with E-state index in [-0.39, 0.29) is 5.41 Å². The Kier molecular flexibility index (Phi) is 1.03. The summed E-state index contributed by atoms with van der Waals surface area (Å²) >= 11 is 0. The van der Waals surface area contributed by atoms with Gasteiger partial charge in [0, 0.05) is 5.41 Å². The average molecular weight is 140 g/mol. The number of hydrogen-bond donors (Lipinski definition) is 1. The summed E-state index contributed by atoms with van der Waals surface area (Å²) in [6, 6.07) is 0. The lowest BCUT2D eigenvalue weighted by Gasteiger charge is -2.19. The maximum absolute atomic E-state index is 10.6. The van der Waals surface area contributed by atoms with Crippen molar-refractivity contribution in [1.29, 1.82) is 0 Å². The third kappa shape index (κ3) is 0.655. The lowest BCUT2D eigenvalue weighted by atomic mass is 9.86. The van der Waals surface area contributed by atoms with Crippen LogP contribution in [0.25, 0.3) is 0 Å². The van der Waals surface area contributed by atoms with Crippen LogP contribution in [0.2, 0.25) is 0 Å². The lowest BCUT2D eigenvalue weighted by molar-refractivity contribution is -0.115. The van der Waals surface area contributed by atoms with Crippen LogP contribution in [0.5, 0.6) is 0 Å². The van der Waals surface area contributed by atoms with Crippen LogP contribution in [0, 0.1) is 5.41 Å². The molecule has 0 amide bonds. The van der Waals surface area contributed by atoms with E-state index < -0.39 is 5.60 Å². The maximum Gasteiger partial charge on any atom is 0.126 e. The Morgan fingerprint density at radius 1 is 1.20 bits per heavy atom. The molecule has 0 aromatic carbocycles. The van der Waals surface area contributed by atoms with Gasteiger partial charge in [0.1, 0.15) is 6.29 Å². The zero-order valence-electron chi connectivity index (χ0n) is 5.97. The number of rotatable bonds is 1. The number of carbonyl (C=O) groups is 1. The van der Waals surface area contributed by atoms with E-state index in [4.69, 9.17) is 0 Å². The summed E-state index contributed by atoms with van der Waals surface area (Å²) in [5.41, 5.74) is -0.574. The minimum Gasteiger partial charge on any atom is -0.390 e. The summed E-state index contributed by atoms with van der Waals surface area (Å²) < 4.78 is 0. The van der Waals surface area contributed by atoms with Gasteiger partial charge in [0.05, 0.1) is 5.60 Å². The molecule has 0 heterocycles. The van der Waals surface area contributed by atoms with Crippen molar-refractivity contribution in [2.45, 2.75) is 37.7 Å². The molecule has 2 aliphatic rings. The minimum atomic E-state index is -0.457. The first-order valence-corrected chi connectivity index (χ1v) is 3.87. The summed E-state index contributed by atoms with van der Waals surface area (Å²) in [5.74, 6) is 0. The Morgan fingerprint density at radius 3 is 2.00 bits per heavy atom. The second kappa shape index (κ2) is 1.62. The van der Waals surface area contributed by atoms with Gasteiger partial charge < -0.3 is 9.90 Å². The van der Waals surface area contributed by atoms with Crippen molar-refractivity contribution in [1.82, 2.24) is 0 Å². The number of carbonyl (C=O) groups excluding carboxylic acids is 1. The van der Waals surface area contributed by atoms with E-state index in [1.54, 1.807) is 0 Å². The Morgan fingerprint density at radius 2 is 1.80 bits per heavy atom. The molecule has 2 heteroatoms. The van der Waals surface area contributed by atoms with Crippen LogP contribution in [-0.4, -0.2) is 17.0 Å². The highest BCUT2D eigenvalue weighted by Crippen LogP contribution is 2.54. The van der Waals surface area contributed by atoms with E-state index in [9.17, 15) is 9.90 Å². The Balaban J connectivity index is 2.26. The molecule has 0 saturated heterocycles. The molecule has 2 fully saturated rings. The van der Waals surface area contributed by atoms with Crippen molar-refractivity contribution in [3.05, 3.63) is 0 Å². The van der Waals surface area contributed by atoms with Gasteiger partial charge in [0.15, 0.2) is 0 Å². The van der Waals surface area contributed by atoms with E-state index >= 15 is 0 Å². The number of aliphatic hydroxyl groups is 1. The summed E-state index contributed by atoms with van der Waals surface area (Å²) in [6.07, 6.45) is 5.28. The first-order chi connectivity index (χ1) is 4.68. The van der Waals surface area contributed by atoms with Crippen LogP contribution in [0.4, 0.5) is 0 Å². The predicted molar refractivity (Wildman–Crippen MR) is 36.5 cm³/mol. The molecular weight excluding hydrogens is 128 g/mol. The van der Waals surface area contributed by atoms with Crippen molar-refractivity contribution in [3.8, 4) is 0 Å². The van der Waals surface area contributed by atoms with Gasteiger partial charge in [-0.05, 0) is 32.1 Å². The van der Waals surface area contributed by atoms with Gasteiger partial charge in [-0.15, -0.1) is 0 Å². The van der Waals surface area contributed by atoms with E-state index in [1.807, 2.05) is 0 Å². The molecule has 2 nitrogen and oxygen atoms in total. The molecule has 0 aromatic rings. The van der Waals surface area contributed by atoms with Gasteiger partial charge in [-0.1, -0.05) is 0 Å². The molecule has 2 bridgehead atoms. The molecule has 2 rings (SSSR count). The van der Waals surface area contributed by atoms with Gasteiger partial charge >= 0.3 is 0 Å². The summed E-state index contributed by atoms with van der Waals surface area (Å²) in [5, 5.41) is 9.68. The third-order valence-electron chi connectivity index (χ3n) is 3.11. The standard InChI is InChI=1S/C8H12O2/c9-6-7-1-3-8(10,5-7)4-2-7/h6,10H,1-5H2. The first kappa shape index (κ1) is 6.35. The second-order valence-corrected chi connectivity index (χ2v) is 3.88. The van der Waals surface area contributed by atoms with Gasteiger partial charge in [-0.2, -0.15) is 0 Å². The monoisotopic (exact) mass is 140 g/mol. The highest BCUT2D eigenvalue weighted by atomic mass is 16.3. The Labute approximate surface area is 60.2 Å². The fraction of sp³-hybridized carbons (Fsp3) is 0.875. The molecule has 2 saturated carbocycles. The van der Waals surface area contributed by atoms with Gasteiger partial charge in [-0.3, -0.25) is 0 Å². The first-order valence-electron chi connectivity index (χ1n) is 3.87. The van der Waals surface area contributed by atoms with Crippen molar-refractivity contribution >= 4 is 6.29 Å². The molecule has 2 aliphatic carbocycles. The molecule has 0 aromatic heterocycles. The molecule has 0 atom stereocenters. The van der Waals surface area contributed by atoms with Gasteiger partial charge in [0.25, 0.3) is 0 Å². The van der Waals surface area contributed by atoms with E-state index in [0.29, 0.717) is 0 Å². The zero-order valence-corrected chi connectivity index (χ0v) is 5.97.